The van der Waals surface area contributed by atoms with Crippen molar-refractivity contribution < 1.29 is 4.74 Å². The first-order chi connectivity index (χ1) is 13.3. The molecule has 0 unspecified atom stereocenters. The van der Waals surface area contributed by atoms with Crippen molar-refractivity contribution in [1.29, 1.82) is 0 Å². The molecule has 4 rings (SSSR count). The highest BCUT2D eigenvalue weighted by Gasteiger charge is 2.38. The Morgan fingerprint density at radius 3 is 1.22 bits per heavy atom. The van der Waals surface area contributed by atoms with E-state index in [2.05, 4.69) is 79.7 Å². The van der Waals surface area contributed by atoms with E-state index in [0.717, 1.165) is 28.0 Å². The molecule has 0 bridgehead atoms. The van der Waals surface area contributed by atoms with E-state index >= 15 is 0 Å². The second-order valence-corrected chi connectivity index (χ2v) is 6.53. The van der Waals surface area contributed by atoms with Crippen molar-refractivity contribution in [2.45, 2.75) is 5.60 Å². The summed E-state index contributed by atoms with van der Waals surface area (Å²) in [7, 11) is 0. The Bertz CT molecular complexity index is 878. The first-order valence-electron chi connectivity index (χ1n) is 9.07. The fourth-order valence-corrected chi connectivity index (χ4v) is 3.43. The van der Waals surface area contributed by atoms with Crippen LogP contribution in [-0.2, 0) is 5.60 Å². The van der Waals surface area contributed by atoms with Crippen LogP contribution in [0.2, 0.25) is 0 Å². The summed E-state index contributed by atoms with van der Waals surface area (Å²) in [4.78, 5) is 0. The van der Waals surface area contributed by atoms with Gasteiger partial charge in [0.2, 0.25) is 0 Å². The third-order valence-electron chi connectivity index (χ3n) is 4.74. The van der Waals surface area contributed by atoms with E-state index in [1.807, 2.05) is 42.5 Å². The van der Waals surface area contributed by atoms with Crippen LogP contribution in [-0.4, -0.2) is 0 Å². The Labute approximate surface area is 160 Å². The van der Waals surface area contributed by atoms with Crippen molar-refractivity contribution in [3.63, 3.8) is 0 Å². The van der Waals surface area contributed by atoms with E-state index < -0.39 is 5.60 Å². The van der Waals surface area contributed by atoms with Gasteiger partial charge < -0.3 is 4.74 Å². The molecule has 0 heterocycles. The van der Waals surface area contributed by atoms with Crippen LogP contribution in [0.1, 0.15) is 22.3 Å². The van der Waals surface area contributed by atoms with Crippen LogP contribution in [0.4, 0.5) is 0 Å². The van der Waals surface area contributed by atoms with Crippen LogP contribution in [0.25, 0.3) is 0 Å². The van der Waals surface area contributed by atoms with Crippen molar-refractivity contribution in [2.24, 2.45) is 0 Å². The van der Waals surface area contributed by atoms with Crippen molar-refractivity contribution in [3.8, 4) is 5.75 Å². The summed E-state index contributed by atoms with van der Waals surface area (Å²) in [6, 6.07) is 39.0. The standard InChI is InChI=1S/C26H21O/c1-21-17-19-25(20-18-21)27-26(22-11-5-2-6-12-22,23-13-7-3-8-14-23)24-15-9-4-10-16-24/h2-20H,1H2. The maximum atomic E-state index is 6.79. The zero-order valence-corrected chi connectivity index (χ0v) is 15.1. The first-order valence-corrected chi connectivity index (χ1v) is 9.07. The third kappa shape index (κ3) is 3.37. The van der Waals surface area contributed by atoms with Gasteiger partial charge in [-0.25, -0.2) is 0 Å². The van der Waals surface area contributed by atoms with Gasteiger partial charge in [0.05, 0.1) is 0 Å². The molecule has 0 saturated heterocycles. The molecular weight excluding hydrogens is 328 g/mol. The lowest BCUT2D eigenvalue weighted by atomic mass is 9.80. The van der Waals surface area contributed by atoms with Crippen LogP contribution < -0.4 is 4.74 Å². The summed E-state index contributed by atoms with van der Waals surface area (Å²) in [5, 5.41) is 0. The van der Waals surface area contributed by atoms with E-state index in [1.165, 1.54) is 0 Å². The van der Waals surface area contributed by atoms with E-state index in [-0.39, 0.29) is 0 Å². The lowest BCUT2D eigenvalue weighted by Gasteiger charge is -2.36. The van der Waals surface area contributed by atoms with Crippen LogP contribution in [0.3, 0.4) is 0 Å². The molecule has 0 aliphatic heterocycles. The molecule has 0 fully saturated rings. The zero-order chi connectivity index (χ0) is 18.5. The number of rotatable bonds is 5. The molecule has 0 aliphatic rings. The molecule has 0 aliphatic carbocycles. The summed E-state index contributed by atoms with van der Waals surface area (Å²) < 4.78 is 6.79. The fraction of sp³-hybridized carbons (Fsp3) is 0.0385. The maximum absolute atomic E-state index is 6.79. The minimum absolute atomic E-state index is 0.744. The highest BCUT2D eigenvalue weighted by Crippen LogP contribution is 2.41. The number of benzene rings is 4. The van der Waals surface area contributed by atoms with E-state index in [0.29, 0.717) is 0 Å². The first kappa shape index (κ1) is 17.1. The predicted octanol–water partition coefficient (Wildman–Crippen LogP) is 6.24. The SMILES string of the molecule is [CH2]c1ccc(OC(c2ccccc2)(c2ccccc2)c2ccccc2)cc1. The van der Waals surface area contributed by atoms with Gasteiger partial charge >= 0.3 is 0 Å². The molecule has 1 heteroatoms. The average molecular weight is 349 g/mol. The van der Waals surface area contributed by atoms with Gasteiger partial charge in [0.25, 0.3) is 0 Å². The van der Waals surface area contributed by atoms with Crippen molar-refractivity contribution in [1.82, 2.24) is 0 Å². The van der Waals surface area contributed by atoms with Crippen molar-refractivity contribution in [3.05, 3.63) is 144 Å². The highest BCUT2D eigenvalue weighted by molar-refractivity contribution is 5.49. The summed E-state index contributed by atoms with van der Waals surface area (Å²) in [5.74, 6) is 0.805. The van der Waals surface area contributed by atoms with E-state index in [4.69, 9.17) is 4.74 Å². The summed E-state index contributed by atoms with van der Waals surface area (Å²) in [6.07, 6.45) is 0. The van der Waals surface area contributed by atoms with Gasteiger partial charge in [0, 0.05) is 16.7 Å². The van der Waals surface area contributed by atoms with Crippen LogP contribution >= 0.6 is 0 Å². The van der Waals surface area contributed by atoms with E-state index in [1.54, 1.807) is 0 Å². The molecule has 0 aromatic heterocycles. The van der Waals surface area contributed by atoms with Gasteiger partial charge in [-0.1, -0.05) is 103 Å². The molecule has 131 valence electrons. The van der Waals surface area contributed by atoms with Gasteiger partial charge in [-0.15, -0.1) is 0 Å². The lowest BCUT2D eigenvalue weighted by Crippen LogP contribution is -2.36. The third-order valence-corrected chi connectivity index (χ3v) is 4.74. The molecule has 0 atom stereocenters. The zero-order valence-electron chi connectivity index (χ0n) is 15.1. The van der Waals surface area contributed by atoms with Crippen LogP contribution in [0, 0.1) is 6.92 Å². The Kier molecular flexibility index (Phi) is 4.76. The average Bonchev–Trinajstić information content (AvgIpc) is 2.75. The number of ether oxygens (including phenoxy) is 1. The van der Waals surface area contributed by atoms with Crippen molar-refractivity contribution in [2.75, 3.05) is 0 Å². The molecule has 1 radical (unpaired) electrons. The molecule has 0 spiro atoms. The largest absolute Gasteiger partial charge is 0.473 e. The smallest absolute Gasteiger partial charge is 0.184 e. The topological polar surface area (TPSA) is 9.23 Å². The van der Waals surface area contributed by atoms with Gasteiger partial charge in [-0.05, 0) is 24.6 Å². The molecule has 4 aromatic rings. The van der Waals surface area contributed by atoms with Crippen molar-refractivity contribution >= 4 is 0 Å². The minimum atomic E-state index is -0.744. The second-order valence-electron chi connectivity index (χ2n) is 6.53. The quantitative estimate of drug-likeness (QED) is 0.388. The summed E-state index contributed by atoms with van der Waals surface area (Å²) in [5.41, 5.74) is 3.47. The molecule has 1 nitrogen and oxygen atoms in total. The molecule has 27 heavy (non-hydrogen) atoms. The highest BCUT2D eigenvalue weighted by atomic mass is 16.5. The summed E-state index contributed by atoms with van der Waals surface area (Å²) >= 11 is 0. The Morgan fingerprint density at radius 2 is 0.852 bits per heavy atom. The Hall–Kier alpha value is -3.32. The predicted molar refractivity (Wildman–Crippen MR) is 111 cm³/mol. The van der Waals surface area contributed by atoms with Gasteiger partial charge in [-0.3, -0.25) is 0 Å². The van der Waals surface area contributed by atoms with Crippen LogP contribution in [0.5, 0.6) is 5.75 Å². The Morgan fingerprint density at radius 1 is 0.481 bits per heavy atom. The van der Waals surface area contributed by atoms with Gasteiger partial charge in [-0.2, -0.15) is 0 Å². The molecule has 0 amide bonds. The van der Waals surface area contributed by atoms with Gasteiger partial charge in [0.15, 0.2) is 5.60 Å². The minimum Gasteiger partial charge on any atom is -0.473 e. The van der Waals surface area contributed by atoms with E-state index in [9.17, 15) is 0 Å². The lowest BCUT2D eigenvalue weighted by molar-refractivity contribution is 0.155. The second kappa shape index (κ2) is 7.51. The molecule has 0 N–H and O–H groups in total. The normalized spacial score (nSPS) is 11.1. The number of hydrogen-bond donors (Lipinski definition) is 0. The molecule has 4 aromatic carbocycles. The molecular formula is C26H21O. The monoisotopic (exact) mass is 349 g/mol. The fourth-order valence-electron chi connectivity index (χ4n) is 3.43. The van der Waals surface area contributed by atoms with Crippen LogP contribution in [0.15, 0.2) is 115 Å². The van der Waals surface area contributed by atoms with Gasteiger partial charge in [0.1, 0.15) is 5.75 Å². The Balaban J connectivity index is 1.98. The maximum Gasteiger partial charge on any atom is 0.184 e. The molecule has 0 saturated carbocycles. The summed E-state index contributed by atoms with van der Waals surface area (Å²) in [6.45, 7) is 3.98. The number of hydrogen-bond acceptors (Lipinski definition) is 1.